The monoisotopic (exact) mass is 272 g/mol. The van der Waals surface area contributed by atoms with Crippen LogP contribution < -0.4 is 10.2 Å². The number of anilines is 1. The van der Waals surface area contributed by atoms with E-state index in [1.807, 2.05) is 19.1 Å². The molecule has 2 atom stereocenters. The predicted octanol–water partition coefficient (Wildman–Crippen LogP) is 4.07. The van der Waals surface area contributed by atoms with E-state index in [1.165, 1.54) is 11.3 Å². The Morgan fingerprint density at radius 3 is 2.10 bits per heavy atom. The Morgan fingerprint density at radius 2 is 1.60 bits per heavy atom. The van der Waals surface area contributed by atoms with Crippen LogP contribution in [-0.2, 0) is 0 Å². The zero-order valence-corrected chi connectivity index (χ0v) is 13.0. The van der Waals surface area contributed by atoms with Crippen molar-refractivity contribution in [2.45, 2.75) is 32.9 Å². The Bertz CT molecular complexity index is 542. The number of hydrogen-bond acceptors (Lipinski definition) is 3. The number of nitrogens with zero attached hydrogens (tertiary/aromatic N) is 1. The summed E-state index contributed by atoms with van der Waals surface area (Å²) in [7, 11) is 4.11. The van der Waals surface area contributed by atoms with Gasteiger partial charge in [-0.25, -0.2) is 0 Å². The molecule has 0 fully saturated rings. The van der Waals surface area contributed by atoms with Gasteiger partial charge in [-0.2, -0.15) is 0 Å². The Morgan fingerprint density at radius 1 is 0.950 bits per heavy atom. The Balaban J connectivity index is 2.02. The summed E-state index contributed by atoms with van der Waals surface area (Å²) in [5.41, 5.74) is 2.50. The van der Waals surface area contributed by atoms with Gasteiger partial charge in [-0.1, -0.05) is 12.1 Å². The fourth-order valence-electron chi connectivity index (χ4n) is 2.30. The normalized spacial score (nSPS) is 14.1. The Hall–Kier alpha value is -1.74. The predicted molar refractivity (Wildman–Crippen MR) is 84.2 cm³/mol. The van der Waals surface area contributed by atoms with Crippen LogP contribution in [0.3, 0.4) is 0 Å². The summed E-state index contributed by atoms with van der Waals surface area (Å²) in [6, 6.07) is 13.2. The van der Waals surface area contributed by atoms with Crippen LogP contribution in [0.1, 0.15) is 43.0 Å². The molecule has 2 rings (SSSR count). The van der Waals surface area contributed by atoms with Gasteiger partial charge in [0.05, 0.1) is 6.04 Å². The number of nitrogens with one attached hydrogen (secondary N) is 1. The average molecular weight is 272 g/mol. The van der Waals surface area contributed by atoms with Gasteiger partial charge in [0.25, 0.3) is 0 Å². The molecule has 1 aromatic heterocycles. The molecule has 0 bridgehead atoms. The first-order valence-corrected chi connectivity index (χ1v) is 7.07. The van der Waals surface area contributed by atoms with E-state index < -0.39 is 0 Å². The van der Waals surface area contributed by atoms with E-state index in [4.69, 9.17) is 4.42 Å². The molecule has 1 heterocycles. The Kier molecular flexibility index (Phi) is 4.50. The second-order valence-corrected chi connectivity index (χ2v) is 5.54. The molecule has 0 spiro atoms. The van der Waals surface area contributed by atoms with Crippen molar-refractivity contribution in [3.63, 3.8) is 0 Å². The molecule has 0 aliphatic rings. The van der Waals surface area contributed by atoms with E-state index >= 15 is 0 Å². The summed E-state index contributed by atoms with van der Waals surface area (Å²) in [6.07, 6.45) is 0. The van der Waals surface area contributed by atoms with Crippen molar-refractivity contribution in [1.29, 1.82) is 0 Å². The maximum Gasteiger partial charge on any atom is 0.120 e. The quantitative estimate of drug-likeness (QED) is 0.889. The molecule has 1 aromatic carbocycles. The maximum atomic E-state index is 5.66. The lowest BCUT2D eigenvalue weighted by Gasteiger charge is -2.20. The van der Waals surface area contributed by atoms with Gasteiger partial charge in [0.1, 0.15) is 11.5 Å². The van der Waals surface area contributed by atoms with Crippen LogP contribution in [0.2, 0.25) is 0 Å². The molecule has 0 amide bonds. The van der Waals surface area contributed by atoms with E-state index in [9.17, 15) is 0 Å². The lowest BCUT2D eigenvalue weighted by molar-refractivity contribution is 0.392. The molecule has 0 aliphatic carbocycles. The van der Waals surface area contributed by atoms with Gasteiger partial charge in [-0.05, 0) is 50.6 Å². The molecular formula is C17H24N2O. The third kappa shape index (κ3) is 3.42. The first kappa shape index (κ1) is 14.7. The van der Waals surface area contributed by atoms with Crippen molar-refractivity contribution in [2.24, 2.45) is 0 Å². The van der Waals surface area contributed by atoms with E-state index in [-0.39, 0.29) is 12.1 Å². The minimum atomic E-state index is 0.201. The molecule has 2 aromatic rings. The van der Waals surface area contributed by atoms with Gasteiger partial charge in [0, 0.05) is 25.8 Å². The summed E-state index contributed by atoms with van der Waals surface area (Å²) in [4.78, 5) is 2.11. The summed E-state index contributed by atoms with van der Waals surface area (Å²) < 4.78 is 5.66. The first-order valence-electron chi connectivity index (χ1n) is 7.07. The number of furan rings is 1. The highest BCUT2D eigenvalue weighted by molar-refractivity contribution is 5.46. The Labute approximate surface area is 121 Å². The van der Waals surface area contributed by atoms with Crippen molar-refractivity contribution in [3.05, 3.63) is 53.5 Å². The second-order valence-electron chi connectivity index (χ2n) is 5.54. The number of aryl methyl sites for hydroxylation is 1. The zero-order valence-electron chi connectivity index (χ0n) is 13.0. The topological polar surface area (TPSA) is 28.4 Å². The summed E-state index contributed by atoms with van der Waals surface area (Å²) in [5, 5.41) is 3.57. The van der Waals surface area contributed by atoms with Gasteiger partial charge in [-0.3, -0.25) is 0 Å². The molecule has 3 heteroatoms. The smallest absolute Gasteiger partial charge is 0.120 e. The second kappa shape index (κ2) is 6.14. The molecule has 20 heavy (non-hydrogen) atoms. The molecule has 1 N–H and O–H groups in total. The van der Waals surface area contributed by atoms with Crippen LogP contribution in [0.25, 0.3) is 0 Å². The van der Waals surface area contributed by atoms with E-state index in [1.54, 1.807) is 0 Å². The van der Waals surface area contributed by atoms with Gasteiger partial charge in [0.2, 0.25) is 0 Å². The highest BCUT2D eigenvalue weighted by atomic mass is 16.3. The SMILES string of the molecule is Cc1ccc(C(C)NC(C)c2ccc(N(C)C)cc2)o1. The zero-order chi connectivity index (χ0) is 14.7. The van der Waals surface area contributed by atoms with Crippen molar-refractivity contribution in [1.82, 2.24) is 5.32 Å². The van der Waals surface area contributed by atoms with Crippen LogP contribution >= 0.6 is 0 Å². The molecule has 0 radical (unpaired) electrons. The van der Waals surface area contributed by atoms with Crippen LogP contribution in [0, 0.1) is 6.92 Å². The summed E-state index contributed by atoms with van der Waals surface area (Å²) >= 11 is 0. The minimum absolute atomic E-state index is 0.201. The summed E-state index contributed by atoms with van der Waals surface area (Å²) in [5.74, 6) is 1.94. The van der Waals surface area contributed by atoms with Crippen molar-refractivity contribution < 1.29 is 4.42 Å². The molecule has 0 saturated heterocycles. The van der Waals surface area contributed by atoms with Crippen LogP contribution in [-0.4, -0.2) is 14.1 Å². The lowest BCUT2D eigenvalue weighted by atomic mass is 10.1. The number of hydrogen-bond donors (Lipinski definition) is 1. The van der Waals surface area contributed by atoms with Crippen LogP contribution in [0.5, 0.6) is 0 Å². The van der Waals surface area contributed by atoms with Crippen molar-refractivity contribution in [3.8, 4) is 0 Å². The van der Waals surface area contributed by atoms with E-state index in [2.05, 4.69) is 62.4 Å². The number of benzene rings is 1. The molecule has 108 valence electrons. The number of rotatable bonds is 5. The average Bonchev–Trinajstić information content (AvgIpc) is 2.85. The highest BCUT2D eigenvalue weighted by Gasteiger charge is 2.13. The lowest BCUT2D eigenvalue weighted by Crippen LogP contribution is -2.22. The molecule has 2 unspecified atom stereocenters. The standard InChI is InChI=1S/C17H24N2O/c1-12-6-11-17(20-12)14(3)18-13(2)15-7-9-16(10-8-15)19(4)5/h6-11,13-14,18H,1-5H3. The maximum absolute atomic E-state index is 5.66. The van der Waals surface area contributed by atoms with Crippen molar-refractivity contribution >= 4 is 5.69 Å². The highest BCUT2D eigenvalue weighted by Crippen LogP contribution is 2.22. The molecule has 3 nitrogen and oxygen atoms in total. The van der Waals surface area contributed by atoms with Gasteiger partial charge in [0.15, 0.2) is 0 Å². The van der Waals surface area contributed by atoms with E-state index in [0.29, 0.717) is 0 Å². The van der Waals surface area contributed by atoms with Gasteiger partial charge in [-0.15, -0.1) is 0 Å². The first-order chi connectivity index (χ1) is 9.47. The largest absolute Gasteiger partial charge is 0.465 e. The molecule has 0 saturated carbocycles. The van der Waals surface area contributed by atoms with E-state index in [0.717, 1.165) is 11.5 Å². The minimum Gasteiger partial charge on any atom is -0.465 e. The third-order valence-electron chi connectivity index (χ3n) is 3.60. The fourth-order valence-corrected chi connectivity index (χ4v) is 2.30. The fraction of sp³-hybridized carbons (Fsp3) is 0.412. The van der Waals surface area contributed by atoms with Gasteiger partial charge < -0.3 is 14.6 Å². The summed E-state index contributed by atoms with van der Waals surface area (Å²) in [6.45, 7) is 6.28. The van der Waals surface area contributed by atoms with Crippen molar-refractivity contribution in [2.75, 3.05) is 19.0 Å². The van der Waals surface area contributed by atoms with Crippen LogP contribution in [0.4, 0.5) is 5.69 Å². The van der Waals surface area contributed by atoms with Gasteiger partial charge >= 0.3 is 0 Å². The molecular weight excluding hydrogens is 248 g/mol. The third-order valence-corrected chi connectivity index (χ3v) is 3.60. The van der Waals surface area contributed by atoms with Crippen LogP contribution in [0.15, 0.2) is 40.8 Å². The molecule has 0 aliphatic heterocycles.